The molecular formula is C23H26ClN3O5S. The van der Waals surface area contributed by atoms with Crippen LogP contribution in [-0.4, -0.2) is 26.1 Å². The lowest BCUT2D eigenvalue weighted by Gasteiger charge is -2.10. The summed E-state index contributed by atoms with van der Waals surface area (Å²) >= 11 is 6.16. The quantitative estimate of drug-likeness (QED) is 0.400. The number of carbonyl (C=O) groups is 1. The van der Waals surface area contributed by atoms with Crippen molar-refractivity contribution in [3.05, 3.63) is 63.8 Å². The Kier molecular flexibility index (Phi) is 7.65. The van der Waals surface area contributed by atoms with Crippen molar-refractivity contribution >= 4 is 39.1 Å². The van der Waals surface area contributed by atoms with Crippen molar-refractivity contribution in [2.24, 2.45) is 0 Å². The van der Waals surface area contributed by atoms with Crippen LogP contribution in [0.3, 0.4) is 0 Å². The zero-order chi connectivity index (χ0) is 24.2. The van der Waals surface area contributed by atoms with E-state index in [4.69, 9.17) is 20.9 Å². The van der Waals surface area contributed by atoms with E-state index in [-0.39, 0.29) is 23.1 Å². The summed E-state index contributed by atoms with van der Waals surface area (Å²) in [5.41, 5.74) is 3.60. The van der Waals surface area contributed by atoms with Crippen LogP contribution < -0.4 is 14.8 Å². The van der Waals surface area contributed by atoms with Crippen LogP contribution in [0.5, 0.6) is 5.75 Å². The van der Waals surface area contributed by atoms with Crippen LogP contribution in [-0.2, 0) is 14.8 Å². The molecule has 2 N–H and O–H groups in total. The van der Waals surface area contributed by atoms with Gasteiger partial charge >= 0.3 is 0 Å². The van der Waals surface area contributed by atoms with Crippen LogP contribution in [0.25, 0.3) is 0 Å². The van der Waals surface area contributed by atoms with E-state index in [0.29, 0.717) is 30.0 Å². The van der Waals surface area contributed by atoms with Gasteiger partial charge in [0, 0.05) is 22.7 Å². The minimum atomic E-state index is -3.84. The number of hydrogen-bond donors (Lipinski definition) is 2. The van der Waals surface area contributed by atoms with Gasteiger partial charge in [-0.15, -0.1) is 0 Å². The molecule has 10 heteroatoms. The van der Waals surface area contributed by atoms with Gasteiger partial charge in [-0.05, 0) is 81.6 Å². The Hall–Kier alpha value is -3.04. The standard InChI is InChI=1S/C23H26ClN3O5S/c1-14-12-19(13-15(2)22(14)24)31-11-5-6-21(28)25-18-7-9-20(10-8-18)33(29,30)27-23-16(3)17(4)26-32-23/h7-10,12-13,27H,5-6,11H2,1-4H3,(H,25,28). The normalized spacial score (nSPS) is 11.3. The molecule has 33 heavy (non-hydrogen) atoms. The van der Waals surface area contributed by atoms with Gasteiger partial charge in [0.25, 0.3) is 10.0 Å². The molecule has 0 spiro atoms. The van der Waals surface area contributed by atoms with Gasteiger partial charge in [0.1, 0.15) is 5.75 Å². The van der Waals surface area contributed by atoms with Crippen molar-refractivity contribution in [2.45, 2.75) is 45.4 Å². The summed E-state index contributed by atoms with van der Waals surface area (Å²) < 4.78 is 38.2. The van der Waals surface area contributed by atoms with Crippen LogP contribution in [0.1, 0.15) is 35.2 Å². The predicted octanol–water partition coefficient (Wildman–Crippen LogP) is 5.16. The molecule has 0 aliphatic rings. The van der Waals surface area contributed by atoms with Crippen LogP contribution >= 0.6 is 11.6 Å². The number of hydrogen-bond acceptors (Lipinski definition) is 6. The molecule has 0 atom stereocenters. The number of halogens is 1. The van der Waals surface area contributed by atoms with E-state index < -0.39 is 10.0 Å². The molecule has 1 amide bonds. The molecule has 8 nitrogen and oxygen atoms in total. The number of sulfonamides is 1. The number of aryl methyl sites for hydroxylation is 3. The number of nitrogens with one attached hydrogen (secondary N) is 2. The molecular weight excluding hydrogens is 466 g/mol. The highest BCUT2D eigenvalue weighted by Gasteiger charge is 2.19. The third-order valence-corrected chi connectivity index (χ3v) is 7.00. The third kappa shape index (κ3) is 6.27. The number of anilines is 2. The van der Waals surface area contributed by atoms with Gasteiger partial charge in [-0.1, -0.05) is 16.8 Å². The zero-order valence-corrected chi connectivity index (χ0v) is 20.4. The van der Waals surface area contributed by atoms with Crippen molar-refractivity contribution in [1.29, 1.82) is 0 Å². The summed E-state index contributed by atoms with van der Waals surface area (Å²) in [6.07, 6.45) is 0.788. The number of amides is 1. The van der Waals surface area contributed by atoms with E-state index in [1.807, 2.05) is 26.0 Å². The average molecular weight is 492 g/mol. The first-order valence-corrected chi connectivity index (χ1v) is 12.2. The Morgan fingerprint density at radius 2 is 1.73 bits per heavy atom. The van der Waals surface area contributed by atoms with E-state index in [1.165, 1.54) is 24.3 Å². The third-order valence-electron chi connectivity index (χ3n) is 5.06. The molecule has 0 saturated carbocycles. The van der Waals surface area contributed by atoms with Crippen molar-refractivity contribution in [3.8, 4) is 5.75 Å². The van der Waals surface area contributed by atoms with Gasteiger partial charge in [0.05, 0.1) is 17.2 Å². The molecule has 1 aromatic heterocycles. The molecule has 176 valence electrons. The van der Waals surface area contributed by atoms with Gasteiger partial charge in [-0.2, -0.15) is 0 Å². The molecule has 3 rings (SSSR count). The van der Waals surface area contributed by atoms with Gasteiger partial charge in [0.15, 0.2) is 0 Å². The maximum atomic E-state index is 12.5. The molecule has 0 radical (unpaired) electrons. The average Bonchev–Trinajstić information content (AvgIpc) is 3.07. The second-order valence-corrected chi connectivity index (χ2v) is 9.78. The zero-order valence-electron chi connectivity index (χ0n) is 18.9. The van der Waals surface area contributed by atoms with Crippen molar-refractivity contribution in [2.75, 3.05) is 16.6 Å². The maximum Gasteiger partial charge on any atom is 0.264 e. The summed E-state index contributed by atoms with van der Waals surface area (Å²) in [6, 6.07) is 9.60. The highest BCUT2D eigenvalue weighted by Crippen LogP contribution is 2.26. The Morgan fingerprint density at radius 1 is 1.09 bits per heavy atom. The molecule has 0 aliphatic heterocycles. The lowest BCUT2D eigenvalue weighted by atomic mass is 10.1. The fourth-order valence-corrected chi connectivity index (χ4v) is 4.20. The minimum absolute atomic E-state index is 0.0379. The first kappa shape index (κ1) is 24.6. The SMILES string of the molecule is Cc1cc(OCCCC(=O)Nc2ccc(S(=O)(=O)Nc3onc(C)c3C)cc2)cc(C)c1Cl. The number of ether oxygens (including phenoxy) is 1. The van der Waals surface area contributed by atoms with Crippen LogP contribution in [0, 0.1) is 27.7 Å². The molecule has 1 heterocycles. The van der Waals surface area contributed by atoms with E-state index in [0.717, 1.165) is 21.9 Å². The Balaban J connectivity index is 1.49. The fourth-order valence-electron chi connectivity index (χ4n) is 3.04. The summed E-state index contributed by atoms with van der Waals surface area (Å²) in [4.78, 5) is 12.2. The second kappa shape index (κ2) is 10.3. The Bertz CT molecular complexity index is 1230. The number of rotatable bonds is 9. The molecule has 2 aromatic carbocycles. The van der Waals surface area contributed by atoms with E-state index in [9.17, 15) is 13.2 Å². The molecule has 0 aliphatic carbocycles. The second-order valence-electron chi connectivity index (χ2n) is 7.72. The molecule has 0 bridgehead atoms. The van der Waals surface area contributed by atoms with Crippen molar-refractivity contribution in [3.63, 3.8) is 0 Å². The molecule has 0 unspecified atom stereocenters. The largest absolute Gasteiger partial charge is 0.494 e. The first-order valence-electron chi connectivity index (χ1n) is 10.3. The monoisotopic (exact) mass is 491 g/mol. The molecule has 0 saturated heterocycles. The number of aromatic nitrogens is 1. The maximum absolute atomic E-state index is 12.5. The van der Waals surface area contributed by atoms with E-state index >= 15 is 0 Å². The lowest BCUT2D eigenvalue weighted by Crippen LogP contribution is -2.14. The number of carbonyl (C=O) groups excluding carboxylic acids is 1. The van der Waals surface area contributed by atoms with Gasteiger partial charge < -0.3 is 14.6 Å². The summed E-state index contributed by atoms with van der Waals surface area (Å²) in [5, 5.41) is 7.21. The van der Waals surface area contributed by atoms with Crippen molar-refractivity contribution in [1.82, 2.24) is 5.16 Å². The highest BCUT2D eigenvalue weighted by atomic mass is 35.5. The van der Waals surface area contributed by atoms with Crippen LogP contribution in [0.4, 0.5) is 11.6 Å². The van der Waals surface area contributed by atoms with Crippen LogP contribution in [0.2, 0.25) is 5.02 Å². The van der Waals surface area contributed by atoms with Crippen LogP contribution in [0.15, 0.2) is 45.8 Å². The number of benzene rings is 2. The minimum Gasteiger partial charge on any atom is -0.494 e. The highest BCUT2D eigenvalue weighted by molar-refractivity contribution is 7.92. The summed E-state index contributed by atoms with van der Waals surface area (Å²) in [6.45, 7) is 7.65. The number of nitrogens with zero attached hydrogens (tertiary/aromatic N) is 1. The first-order chi connectivity index (χ1) is 15.6. The van der Waals surface area contributed by atoms with Crippen molar-refractivity contribution < 1.29 is 22.5 Å². The topological polar surface area (TPSA) is 111 Å². The summed E-state index contributed by atoms with van der Waals surface area (Å²) in [7, 11) is -3.84. The predicted molar refractivity (Wildman–Crippen MR) is 128 cm³/mol. The van der Waals surface area contributed by atoms with Gasteiger partial charge in [0.2, 0.25) is 11.8 Å². The molecule has 3 aromatic rings. The summed E-state index contributed by atoms with van der Waals surface area (Å²) in [5.74, 6) is 0.607. The Morgan fingerprint density at radius 3 is 2.30 bits per heavy atom. The van der Waals surface area contributed by atoms with Gasteiger partial charge in [-0.25, -0.2) is 13.1 Å². The van der Waals surface area contributed by atoms with E-state index in [2.05, 4.69) is 15.2 Å². The lowest BCUT2D eigenvalue weighted by molar-refractivity contribution is -0.116. The van der Waals surface area contributed by atoms with Gasteiger partial charge in [-0.3, -0.25) is 4.79 Å². The smallest absolute Gasteiger partial charge is 0.264 e. The van der Waals surface area contributed by atoms with E-state index in [1.54, 1.807) is 13.8 Å². The fraction of sp³-hybridized carbons (Fsp3) is 0.304. The molecule has 0 fully saturated rings. The Labute approximate surface area is 198 Å².